The van der Waals surface area contributed by atoms with Crippen LogP contribution < -0.4 is 20.3 Å². The third-order valence-corrected chi connectivity index (χ3v) is 15.5. The van der Waals surface area contributed by atoms with E-state index in [-0.39, 0.29) is 150 Å². The van der Waals surface area contributed by atoms with Crippen molar-refractivity contribution in [2.24, 2.45) is 11.8 Å². The number of aryl methyl sites for hydroxylation is 1. The molecule has 7 amide bonds. The van der Waals surface area contributed by atoms with Crippen molar-refractivity contribution in [1.82, 2.24) is 29.0 Å². The molecule has 2 aromatic heterocycles. The second kappa shape index (κ2) is 30.3. The maximum atomic E-state index is 14.7. The Morgan fingerprint density at radius 3 is 2.11 bits per heavy atom. The van der Waals surface area contributed by atoms with Gasteiger partial charge < -0.3 is 58.5 Å². The number of hydrogen-bond donors (Lipinski definition) is 3. The molecule has 3 atom stereocenters. The summed E-state index contributed by atoms with van der Waals surface area (Å²) in [5.41, 5.74) is 4.64. The number of carbonyl (C=O) groups is 8. The van der Waals surface area contributed by atoms with Crippen LogP contribution in [0.5, 0.6) is 11.5 Å². The van der Waals surface area contributed by atoms with Crippen LogP contribution in [-0.2, 0) is 44.7 Å². The Morgan fingerprint density at radius 1 is 0.773 bits per heavy atom. The van der Waals surface area contributed by atoms with Gasteiger partial charge in [-0.15, -0.1) is 11.6 Å². The van der Waals surface area contributed by atoms with E-state index in [1.54, 1.807) is 71.1 Å². The third-order valence-electron chi connectivity index (χ3n) is 15.1. The molecule has 0 radical (unpaired) electrons. The number of anilines is 3. The molecule has 0 aliphatic carbocycles. The number of imide groups is 1. The maximum absolute atomic E-state index is 14.7. The molecular formula is C64H74ClN9O14. The third kappa shape index (κ3) is 16.5. The first-order valence-electron chi connectivity index (χ1n) is 28.9. The van der Waals surface area contributed by atoms with E-state index in [1.807, 2.05) is 58.0 Å². The summed E-state index contributed by atoms with van der Waals surface area (Å²) in [7, 11) is 5.24. The quantitative estimate of drug-likeness (QED) is 0.0229. The van der Waals surface area contributed by atoms with Crippen molar-refractivity contribution in [3.8, 4) is 11.5 Å². The Balaban J connectivity index is 0.924. The van der Waals surface area contributed by atoms with Gasteiger partial charge in [-0.2, -0.15) is 0 Å². The van der Waals surface area contributed by atoms with Crippen LogP contribution in [0.1, 0.15) is 70.6 Å². The topological polar surface area (TPSA) is 260 Å². The fraction of sp³-hybridized carbons (Fsp3) is 0.391. The second-order valence-electron chi connectivity index (χ2n) is 22.1. The van der Waals surface area contributed by atoms with Gasteiger partial charge in [0.25, 0.3) is 23.6 Å². The van der Waals surface area contributed by atoms with E-state index >= 15 is 0 Å². The Labute approximate surface area is 515 Å². The number of phenols is 1. The largest absolute Gasteiger partial charge is 0.508 e. The number of phenolic OH excluding ortho intramolecular Hbond substituents is 1. The number of ether oxygens (including phenoxy) is 5. The molecule has 0 saturated carbocycles. The summed E-state index contributed by atoms with van der Waals surface area (Å²) in [6, 6.07) is 22.9. The van der Waals surface area contributed by atoms with Crippen LogP contribution in [0, 0.1) is 18.8 Å². The van der Waals surface area contributed by atoms with E-state index < -0.39 is 29.9 Å². The van der Waals surface area contributed by atoms with Crippen molar-refractivity contribution in [2.75, 3.05) is 115 Å². The SMILES string of the molecule is Cc1cccc2c(OC(=O)N(CCOCCOCCOCCN3C(=O)C=CC3=O)CCN(C)C(=O)OCc3ccc(NC(=O)[C@H](C)CC(=O)[C@H](C(C)C)N(C)C)cc3)cc3c(c12)[C@H](CCl)CN3C(=O)c1cn2cc(NC(=O)c3ccc(O)cc3)ccc2n1. The van der Waals surface area contributed by atoms with Crippen molar-refractivity contribution in [3.05, 3.63) is 137 Å². The number of ketones is 1. The first-order chi connectivity index (χ1) is 42.2. The number of alkyl halides is 1. The van der Waals surface area contributed by atoms with Gasteiger partial charge in [-0.25, -0.2) is 14.6 Å². The monoisotopic (exact) mass is 1230 g/mol. The van der Waals surface area contributed by atoms with Crippen LogP contribution in [0.4, 0.5) is 26.7 Å². The summed E-state index contributed by atoms with van der Waals surface area (Å²) in [4.78, 5) is 117. The van der Waals surface area contributed by atoms with Gasteiger partial charge in [0.2, 0.25) is 5.91 Å². The molecule has 3 N–H and O–H groups in total. The highest BCUT2D eigenvalue weighted by Gasteiger charge is 2.37. The van der Waals surface area contributed by atoms with E-state index in [9.17, 15) is 43.5 Å². The molecule has 8 rings (SSSR count). The number of aromatic hydroxyl groups is 1. The Morgan fingerprint density at radius 2 is 1.44 bits per heavy atom. The van der Waals surface area contributed by atoms with E-state index in [0.29, 0.717) is 39.2 Å². The number of Topliss-reactive ketones (excluding diaryl/α,β-unsaturated/α-hetero) is 1. The minimum atomic E-state index is -0.769. The fourth-order valence-corrected chi connectivity index (χ4v) is 10.8. The van der Waals surface area contributed by atoms with Crippen molar-refractivity contribution in [1.29, 1.82) is 0 Å². The van der Waals surface area contributed by atoms with E-state index in [2.05, 4.69) is 15.6 Å². The number of hydrogen-bond acceptors (Lipinski definition) is 16. The number of halogens is 1. The summed E-state index contributed by atoms with van der Waals surface area (Å²) < 4.78 is 30.6. The number of rotatable bonds is 29. The first-order valence-corrected chi connectivity index (χ1v) is 29.5. The van der Waals surface area contributed by atoms with Gasteiger partial charge in [-0.05, 0) is 97.5 Å². The standard InChI is InChI=1S/C64H74ClN9O14/c1-40(2)59(69(5)6)52(76)33-42(4)60(79)66-46-15-11-43(12-16-46)39-87-63(82)70(7)23-24-71(25-27-84-29-31-86-32-30-85-28-26-73-55(77)21-22-56(73)78)64(83)88-53-34-51-58(57-41(3)9-8-10-49(53)57)45(35-65)36-74(51)62(81)50-38-72-37-47(17-20-54(72)68-50)67-61(80)44-13-18-48(75)19-14-44/h8-22,34,37-38,40,42,45,59,75H,23-33,35-36,39H2,1-7H3,(H,66,79)(H,67,80)/t42-,45-,59+/m1/s1. The van der Waals surface area contributed by atoms with Crippen molar-refractivity contribution < 1.29 is 67.1 Å². The Kier molecular flexibility index (Phi) is 22.4. The number of pyridine rings is 1. The van der Waals surface area contributed by atoms with E-state index in [0.717, 1.165) is 21.4 Å². The lowest BCUT2D eigenvalue weighted by atomic mass is 9.92. The highest BCUT2D eigenvalue weighted by molar-refractivity contribution is 6.19. The number of likely N-dealkylation sites (N-methyl/N-ethyl adjacent to an activating group) is 2. The number of benzene rings is 4. The molecule has 4 heterocycles. The normalized spacial score (nSPS) is 14.4. The highest BCUT2D eigenvalue weighted by atomic mass is 35.5. The number of imidazole rings is 1. The number of amides is 7. The lowest BCUT2D eigenvalue weighted by molar-refractivity contribution is -0.137. The predicted molar refractivity (Wildman–Crippen MR) is 330 cm³/mol. The summed E-state index contributed by atoms with van der Waals surface area (Å²) >= 11 is 6.68. The van der Waals surface area contributed by atoms with Gasteiger partial charge in [0.15, 0.2) is 5.78 Å². The number of nitrogens with zero attached hydrogens (tertiary/aromatic N) is 7. The molecule has 0 spiro atoms. The van der Waals surface area contributed by atoms with Gasteiger partial charge >= 0.3 is 12.2 Å². The molecule has 0 bridgehead atoms. The zero-order chi connectivity index (χ0) is 63.2. The zero-order valence-corrected chi connectivity index (χ0v) is 51.1. The summed E-state index contributed by atoms with van der Waals surface area (Å²) in [6.07, 6.45) is 4.29. The van der Waals surface area contributed by atoms with Gasteiger partial charge in [-0.1, -0.05) is 51.1 Å². The van der Waals surface area contributed by atoms with Gasteiger partial charge in [0.05, 0.1) is 63.6 Å². The Bertz CT molecular complexity index is 3530. The summed E-state index contributed by atoms with van der Waals surface area (Å²) in [5, 5.41) is 16.7. The smallest absolute Gasteiger partial charge is 0.415 e. The van der Waals surface area contributed by atoms with Crippen LogP contribution in [0.15, 0.2) is 109 Å². The minimum absolute atomic E-state index is 0.00389. The lowest BCUT2D eigenvalue weighted by Gasteiger charge is -2.27. The molecule has 6 aromatic rings. The average Bonchev–Trinajstić information content (AvgIpc) is 1.56. The predicted octanol–water partition coefficient (Wildman–Crippen LogP) is 7.90. The van der Waals surface area contributed by atoms with Gasteiger partial charge in [0.1, 0.15) is 29.4 Å². The van der Waals surface area contributed by atoms with Gasteiger partial charge in [-0.3, -0.25) is 38.6 Å². The molecule has 0 unspecified atom stereocenters. The zero-order valence-electron chi connectivity index (χ0n) is 50.4. The summed E-state index contributed by atoms with van der Waals surface area (Å²) in [6.45, 7) is 8.85. The number of aromatic nitrogens is 2. The molecule has 2 aliphatic heterocycles. The molecule has 2 aliphatic rings. The number of nitrogens with one attached hydrogen (secondary N) is 2. The number of carbonyl (C=O) groups excluding carboxylic acids is 8. The number of fused-ring (bicyclic) bond motifs is 4. The molecular weight excluding hydrogens is 1150 g/mol. The molecule has 4 aromatic carbocycles. The lowest BCUT2D eigenvalue weighted by Crippen LogP contribution is -2.42. The van der Waals surface area contributed by atoms with Crippen molar-refractivity contribution >= 4 is 92.6 Å². The van der Waals surface area contributed by atoms with Crippen LogP contribution in [0.2, 0.25) is 0 Å². The molecule has 0 saturated heterocycles. The molecule has 466 valence electrons. The van der Waals surface area contributed by atoms with Crippen molar-refractivity contribution in [3.63, 3.8) is 0 Å². The first kappa shape index (κ1) is 65.2. The molecule has 23 nitrogen and oxygen atoms in total. The fourth-order valence-electron chi connectivity index (χ4n) is 10.5. The molecule has 24 heteroatoms. The van der Waals surface area contributed by atoms with Gasteiger partial charge in [0, 0.05) is 105 Å². The molecule has 88 heavy (non-hydrogen) atoms. The summed E-state index contributed by atoms with van der Waals surface area (Å²) in [5.74, 6) is -2.30. The van der Waals surface area contributed by atoms with E-state index in [1.165, 1.54) is 53.3 Å². The maximum Gasteiger partial charge on any atom is 0.415 e. The average molecular weight is 1230 g/mol. The molecule has 0 fully saturated rings. The second-order valence-corrected chi connectivity index (χ2v) is 22.4. The van der Waals surface area contributed by atoms with Crippen LogP contribution in [-0.4, -0.2) is 187 Å². The highest BCUT2D eigenvalue weighted by Crippen LogP contribution is 2.47. The van der Waals surface area contributed by atoms with Crippen LogP contribution in [0.3, 0.4) is 0 Å². The van der Waals surface area contributed by atoms with Crippen LogP contribution >= 0.6 is 11.6 Å². The van der Waals surface area contributed by atoms with Crippen LogP contribution in [0.25, 0.3) is 16.4 Å². The van der Waals surface area contributed by atoms with E-state index in [4.69, 9.17) is 35.3 Å². The van der Waals surface area contributed by atoms with Crippen molar-refractivity contribution in [2.45, 2.75) is 52.7 Å². The minimum Gasteiger partial charge on any atom is -0.508 e. The Hall–Kier alpha value is -8.74.